The molecule has 0 aliphatic carbocycles. The molecule has 0 atom stereocenters. The molecule has 0 radical (unpaired) electrons. The van der Waals surface area contributed by atoms with Crippen molar-refractivity contribution < 1.29 is 4.74 Å². The lowest BCUT2D eigenvalue weighted by Gasteiger charge is -2.39. The van der Waals surface area contributed by atoms with Crippen molar-refractivity contribution in [3.63, 3.8) is 0 Å². The number of hydrogen-bond acceptors (Lipinski definition) is 4. The first-order valence-corrected chi connectivity index (χ1v) is 4.71. The molecule has 0 saturated carbocycles. The van der Waals surface area contributed by atoms with Crippen molar-refractivity contribution in [2.24, 2.45) is 0 Å². The van der Waals surface area contributed by atoms with Gasteiger partial charge >= 0.3 is 0 Å². The first-order chi connectivity index (χ1) is 6.70. The average molecular weight is 193 g/mol. The molecule has 2 heterocycles. The van der Waals surface area contributed by atoms with Crippen molar-refractivity contribution in [2.45, 2.75) is 13.0 Å². The van der Waals surface area contributed by atoms with E-state index < -0.39 is 0 Å². The summed E-state index contributed by atoms with van der Waals surface area (Å²) in [5.41, 5.74) is 7.34. The van der Waals surface area contributed by atoms with E-state index in [0.29, 0.717) is 6.10 Å². The van der Waals surface area contributed by atoms with Gasteiger partial charge in [0, 0.05) is 20.2 Å². The van der Waals surface area contributed by atoms with Gasteiger partial charge in [-0.3, -0.25) is 0 Å². The van der Waals surface area contributed by atoms with E-state index in [1.165, 1.54) is 0 Å². The summed E-state index contributed by atoms with van der Waals surface area (Å²) in [6.45, 7) is 3.77. The maximum atomic E-state index is 5.70. The number of hydrogen-bond donors (Lipinski definition) is 1. The molecule has 14 heavy (non-hydrogen) atoms. The molecule has 1 aliphatic rings. The van der Waals surface area contributed by atoms with Crippen LogP contribution in [0.5, 0.6) is 0 Å². The highest BCUT2D eigenvalue weighted by molar-refractivity contribution is 5.51. The van der Waals surface area contributed by atoms with Crippen LogP contribution < -0.4 is 10.6 Å². The molecule has 4 heteroatoms. The molecule has 1 aromatic rings. The van der Waals surface area contributed by atoms with E-state index in [-0.39, 0.29) is 0 Å². The van der Waals surface area contributed by atoms with E-state index in [2.05, 4.69) is 9.88 Å². The second kappa shape index (κ2) is 3.46. The Labute approximate surface area is 83.7 Å². The van der Waals surface area contributed by atoms with Crippen LogP contribution in [-0.4, -0.2) is 31.3 Å². The van der Waals surface area contributed by atoms with Crippen LogP contribution in [0.1, 0.15) is 5.69 Å². The number of aromatic nitrogens is 1. The molecule has 76 valence electrons. The maximum absolute atomic E-state index is 5.70. The monoisotopic (exact) mass is 193 g/mol. The Hall–Kier alpha value is -1.29. The van der Waals surface area contributed by atoms with Crippen LogP contribution in [0.4, 0.5) is 11.5 Å². The van der Waals surface area contributed by atoms with Gasteiger partial charge in [-0.25, -0.2) is 4.98 Å². The van der Waals surface area contributed by atoms with E-state index in [0.717, 1.165) is 30.3 Å². The maximum Gasteiger partial charge on any atom is 0.129 e. The fraction of sp³-hybridized carbons (Fsp3) is 0.500. The molecule has 2 N–H and O–H groups in total. The lowest BCUT2D eigenvalue weighted by molar-refractivity contribution is 0.0783. The predicted molar refractivity (Wildman–Crippen MR) is 56.4 cm³/mol. The number of anilines is 2. The molecule has 0 spiro atoms. The lowest BCUT2D eigenvalue weighted by atomic mass is 10.1. The Bertz CT molecular complexity index is 334. The van der Waals surface area contributed by atoms with Crippen molar-refractivity contribution >= 4 is 11.5 Å². The summed E-state index contributed by atoms with van der Waals surface area (Å²) in [4.78, 5) is 6.59. The third-order valence-electron chi connectivity index (χ3n) is 2.62. The highest BCUT2D eigenvalue weighted by Crippen LogP contribution is 2.21. The summed E-state index contributed by atoms with van der Waals surface area (Å²) in [6, 6.07) is 3.85. The Balaban J connectivity index is 2.08. The molecule has 1 saturated heterocycles. The number of rotatable bonds is 2. The highest BCUT2D eigenvalue weighted by Gasteiger charge is 2.27. The minimum atomic E-state index is 0.356. The van der Waals surface area contributed by atoms with E-state index >= 15 is 0 Å². The number of nitrogens with two attached hydrogens (primary N) is 1. The molecule has 0 unspecified atom stereocenters. The van der Waals surface area contributed by atoms with Gasteiger partial charge in [-0.2, -0.15) is 0 Å². The van der Waals surface area contributed by atoms with Gasteiger partial charge in [0.05, 0.1) is 17.5 Å². The van der Waals surface area contributed by atoms with Crippen molar-refractivity contribution in [3.05, 3.63) is 17.8 Å². The van der Waals surface area contributed by atoms with Gasteiger partial charge in [0.1, 0.15) is 5.82 Å². The first kappa shape index (κ1) is 9.27. The number of pyridine rings is 1. The number of ether oxygens (including phenoxy) is 1. The summed E-state index contributed by atoms with van der Waals surface area (Å²) in [5.74, 6) is 0.991. The standard InChI is InChI=1S/C10H15N3O/c1-7-9(11)3-4-10(12-7)13-5-8(6-13)14-2/h3-4,8H,5-6,11H2,1-2H3. The summed E-state index contributed by atoms with van der Waals surface area (Å²) in [5, 5.41) is 0. The van der Waals surface area contributed by atoms with E-state index in [4.69, 9.17) is 10.5 Å². The first-order valence-electron chi connectivity index (χ1n) is 4.71. The van der Waals surface area contributed by atoms with Gasteiger partial charge < -0.3 is 15.4 Å². The van der Waals surface area contributed by atoms with Gasteiger partial charge in [0.15, 0.2) is 0 Å². The molecular weight excluding hydrogens is 178 g/mol. The molecule has 2 rings (SSSR count). The highest BCUT2D eigenvalue weighted by atomic mass is 16.5. The number of aryl methyl sites for hydroxylation is 1. The zero-order valence-corrected chi connectivity index (χ0v) is 8.53. The topological polar surface area (TPSA) is 51.4 Å². The van der Waals surface area contributed by atoms with Crippen LogP contribution in [-0.2, 0) is 4.74 Å². The van der Waals surface area contributed by atoms with Gasteiger partial charge in [-0.1, -0.05) is 0 Å². The van der Waals surface area contributed by atoms with Crippen LogP contribution in [0.25, 0.3) is 0 Å². The van der Waals surface area contributed by atoms with E-state index in [1.54, 1.807) is 7.11 Å². The molecule has 1 aromatic heterocycles. The fourth-order valence-corrected chi connectivity index (χ4v) is 1.51. The summed E-state index contributed by atoms with van der Waals surface area (Å²) in [6.07, 6.45) is 0.356. The van der Waals surface area contributed by atoms with Gasteiger partial charge in [0.25, 0.3) is 0 Å². The third kappa shape index (κ3) is 1.53. The number of nitrogens with zero attached hydrogens (tertiary/aromatic N) is 2. The summed E-state index contributed by atoms with van der Waals surface area (Å²) in [7, 11) is 1.74. The van der Waals surface area contributed by atoms with Gasteiger partial charge in [-0.15, -0.1) is 0 Å². The quantitative estimate of drug-likeness (QED) is 0.755. The summed E-state index contributed by atoms with van der Waals surface area (Å²) < 4.78 is 5.20. The lowest BCUT2D eigenvalue weighted by Crippen LogP contribution is -2.52. The molecule has 0 bridgehead atoms. The third-order valence-corrected chi connectivity index (χ3v) is 2.62. The van der Waals surface area contributed by atoms with Crippen molar-refractivity contribution in [2.75, 3.05) is 30.8 Å². The average Bonchev–Trinajstić information content (AvgIpc) is 2.09. The zero-order valence-electron chi connectivity index (χ0n) is 8.53. The smallest absolute Gasteiger partial charge is 0.129 e. The van der Waals surface area contributed by atoms with E-state index in [9.17, 15) is 0 Å². The largest absolute Gasteiger partial charge is 0.397 e. The van der Waals surface area contributed by atoms with Gasteiger partial charge in [-0.05, 0) is 19.1 Å². The summed E-state index contributed by atoms with van der Waals surface area (Å²) >= 11 is 0. The molecule has 0 aromatic carbocycles. The Morgan fingerprint density at radius 2 is 2.21 bits per heavy atom. The normalized spacial score (nSPS) is 16.9. The van der Waals surface area contributed by atoms with E-state index in [1.807, 2.05) is 19.1 Å². The number of nitrogen functional groups attached to an aromatic ring is 1. The van der Waals surface area contributed by atoms with Crippen molar-refractivity contribution in [1.82, 2.24) is 4.98 Å². The van der Waals surface area contributed by atoms with Gasteiger partial charge in [0.2, 0.25) is 0 Å². The second-order valence-electron chi connectivity index (χ2n) is 3.61. The van der Waals surface area contributed by atoms with Crippen molar-refractivity contribution in [1.29, 1.82) is 0 Å². The zero-order chi connectivity index (χ0) is 10.1. The molecule has 0 amide bonds. The number of methoxy groups -OCH3 is 1. The Kier molecular flexibility index (Phi) is 2.29. The van der Waals surface area contributed by atoms with Crippen LogP contribution in [0.15, 0.2) is 12.1 Å². The molecule has 1 aliphatic heterocycles. The minimum absolute atomic E-state index is 0.356. The Morgan fingerprint density at radius 1 is 1.50 bits per heavy atom. The fourth-order valence-electron chi connectivity index (χ4n) is 1.51. The Morgan fingerprint density at radius 3 is 2.79 bits per heavy atom. The van der Waals surface area contributed by atoms with Crippen LogP contribution in [0.3, 0.4) is 0 Å². The minimum Gasteiger partial charge on any atom is -0.397 e. The van der Waals surface area contributed by atoms with Crippen LogP contribution in [0.2, 0.25) is 0 Å². The molecule has 4 nitrogen and oxygen atoms in total. The van der Waals surface area contributed by atoms with Crippen LogP contribution >= 0.6 is 0 Å². The second-order valence-corrected chi connectivity index (χ2v) is 3.61. The molecular formula is C10H15N3O. The SMILES string of the molecule is COC1CN(c2ccc(N)c(C)n2)C1. The van der Waals surface area contributed by atoms with Crippen LogP contribution in [0, 0.1) is 6.92 Å². The molecule has 1 fully saturated rings. The predicted octanol–water partition coefficient (Wildman–Crippen LogP) is 0.807. The van der Waals surface area contributed by atoms with Crippen molar-refractivity contribution in [3.8, 4) is 0 Å².